The first-order chi connectivity index (χ1) is 7.90. The molecule has 0 atom stereocenters. The lowest BCUT2D eigenvalue weighted by Gasteiger charge is -2.23. The van der Waals surface area contributed by atoms with Crippen molar-refractivity contribution < 1.29 is 9.36 Å². The van der Waals surface area contributed by atoms with Crippen LogP contribution in [0.2, 0.25) is 0 Å². The van der Waals surface area contributed by atoms with Gasteiger partial charge in [0.2, 0.25) is 0 Å². The zero-order valence-electron chi connectivity index (χ0n) is 11.6. The molecule has 0 saturated carbocycles. The first-order valence-electron chi connectivity index (χ1n) is 6.22. The molecule has 4 heteroatoms. The van der Waals surface area contributed by atoms with Crippen molar-refractivity contribution in [1.82, 2.24) is 9.47 Å². The van der Waals surface area contributed by atoms with Gasteiger partial charge in [-0.15, -0.1) is 0 Å². The van der Waals surface area contributed by atoms with Crippen molar-refractivity contribution in [3.8, 4) is 0 Å². The summed E-state index contributed by atoms with van der Waals surface area (Å²) in [5.74, 6) is 0.976. The van der Waals surface area contributed by atoms with Gasteiger partial charge in [0.15, 0.2) is 0 Å². The Morgan fingerprint density at radius 3 is 2.12 bits per heavy atom. The number of imidazole rings is 1. The number of carbonyl (C=O) groups excluding carboxylic acids is 1. The van der Waals surface area contributed by atoms with E-state index in [1.165, 1.54) is 0 Å². The summed E-state index contributed by atoms with van der Waals surface area (Å²) in [5, 5.41) is 0. The highest BCUT2D eigenvalue weighted by molar-refractivity contribution is 5.76. The monoisotopic (exact) mass is 238 g/mol. The van der Waals surface area contributed by atoms with Gasteiger partial charge in [0.05, 0.1) is 7.05 Å². The number of hydrogen-bond acceptors (Lipinski definition) is 1. The lowest BCUT2D eigenvalue weighted by Crippen LogP contribution is -2.40. The first-order valence-corrected chi connectivity index (χ1v) is 6.22. The Morgan fingerprint density at radius 1 is 1.24 bits per heavy atom. The van der Waals surface area contributed by atoms with Gasteiger partial charge in [-0.05, 0) is 11.8 Å². The van der Waals surface area contributed by atoms with Crippen LogP contribution in [0.25, 0.3) is 0 Å². The summed E-state index contributed by atoms with van der Waals surface area (Å²) in [5.41, 5.74) is 0. The fraction of sp³-hybridized carbons (Fsp3) is 0.692. The maximum Gasteiger partial charge on any atom is 0.415 e. The van der Waals surface area contributed by atoms with Crippen LogP contribution in [-0.2, 0) is 7.05 Å². The zero-order chi connectivity index (χ0) is 13.0. The van der Waals surface area contributed by atoms with Gasteiger partial charge >= 0.3 is 6.03 Å². The van der Waals surface area contributed by atoms with Crippen LogP contribution < -0.4 is 4.57 Å². The topological polar surface area (TPSA) is 29.1 Å². The van der Waals surface area contributed by atoms with Crippen molar-refractivity contribution in [2.45, 2.75) is 27.7 Å². The van der Waals surface area contributed by atoms with Crippen LogP contribution in [0, 0.1) is 11.8 Å². The third kappa shape index (κ3) is 4.21. The molecule has 0 bridgehead atoms. The maximum atomic E-state index is 12.3. The molecule has 1 amide bonds. The molecule has 0 aliphatic carbocycles. The Kier molecular flexibility index (Phi) is 4.73. The summed E-state index contributed by atoms with van der Waals surface area (Å²) in [6.45, 7) is 10.1. The molecule has 1 aromatic heterocycles. The Bertz CT molecular complexity index is 358. The zero-order valence-corrected chi connectivity index (χ0v) is 11.6. The van der Waals surface area contributed by atoms with Crippen LogP contribution in [0.4, 0.5) is 4.79 Å². The molecule has 0 aliphatic heterocycles. The molecule has 1 aromatic rings. The van der Waals surface area contributed by atoms with Gasteiger partial charge in [-0.2, -0.15) is 4.57 Å². The fourth-order valence-electron chi connectivity index (χ4n) is 1.84. The molecule has 0 radical (unpaired) electrons. The molecular formula is C13H24N3O+. The second-order valence-electron chi connectivity index (χ2n) is 5.46. The largest absolute Gasteiger partial charge is 0.415 e. The Labute approximate surface area is 104 Å². The predicted molar refractivity (Wildman–Crippen MR) is 67.7 cm³/mol. The summed E-state index contributed by atoms with van der Waals surface area (Å²) in [6, 6.07) is 0.0630. The van der Waals surface area contributed by atoms with Crippen LogP contribution in [0.3, 0.4) is 0 Å². The van der Waals surface area contributed by atoms with E-state index in [2.05, 4.69) is 27.7 Å². The highest BCUT2D eigenvalue weighted by atomic mass is 16.2. The number of aryl methyl sites for hydroxylation is 1. The number of carbonyl (C=O) groups is 1. The van der Waals surface area contributed by atoms with Gasteiger partial charge in [-0.25, -0.2) is 9.36 Å². The number of amides is 1. The lowest BCUT2D eigenvalue weighted by molar-refractivity contribution is -0.670. The second kappa shape index (κ2) is 5.84. The average Bonchev–Trinajstić information content (AvgIpc) is 2.61. The summed E-state index contributed by atoms with van der Waals surface area (Å²) in [7, 11) is 1.92. The van der Waals surface area contributed by atoms with Crippen molar-refractivity contribution >= 4 is 6.03 Å². The van der Waals surface area contributed by atoms with E-state index in [-0.39, 0.29) is 6.03 Å². The van der Waals surface area contributed by atoms with Crippen molar-refractivity contribution in [2.75, 3.05) is 13.1 Å². The minimum Gasteiger partial charge on any atom is -0.304 e. The number of aromatic nitrogens is 2. The van der Waals surface area contributed by atoms with Crippen molar-refractivity contribution in [3.05, 3.63) is 18.7 Å². The van der Waals surface area contributed by atoms with Gasteiger partial charge in [0.1, 0.15) is 12.4 Å². The van der Waals surface area contributed by atoms with Crippen LogP contribution in [-0.4, -0.2) is 28.6 Å². The molecule has 0 fully saturated rings. The molecule has 17 heavy (non-hydrogen) atoms. The average molecular weight is 238 g/mol. The van der Waals surface area contributed by atoms with E-state index in [9.17, 15) is 4.79 Å². The molecule has 0 unspecified atom stereocenters. The van der Waals surface area contributed by atoms with Crippen molar-refractivity contribution in [2.24, 2.45) is 18.9 Å². The molecule has 0 spiro atoms. The predicted octanol–water partition coefficient (Wildman–Crippen LogP) is 1.89. The Morgan fingerprint density at radius 2 is 1.76 bits per heavy atom. The van der Waals surface area contributed by atoms with Gasteiger partial charge in [-0.3, -0.25) is 0 Å². The molecule has 0 N–H and O–H groups in total. The van der Waals surface area contributed by atoms with Gasteiger partial charge < -0.3 is 4.90 Å². The van der Waals surface area contributed by atoms with Crippen LogP contribution in [0.1, 0.15) is 27.7 Å². The quantitative estimate of drug-likeness (QED) is 0.737. The molecule has 0 saturated heterocycles. The van der Waals surface area contributed by atoms with E-state index >= 15 is 0 Å². The highest BCUT2D eigenvalue weighted by Crippen LogP contribution is 2.06. The van der Waals surface area contributed by atoms with Gasteiger partial charge in [-0.1, -0.05) is 27.7 Å². The fourth-order valence-corrected chi connectivity index (χ4v) is 1.84. The van der Waals surface area contributed by atoms with E-state index in [4.69, 9.17) is 0 Å². The molecule has 0 aromatic carbocycles. The van der Waals surface area contributed by atoms with E-state index in [1.54, 1.807) is 17.1 Å². The van der Waals surface area contributed by atoms with E-state index in [0.717, 1.165) is 13.1 Å². The van der Waals surface area contributed by atoms with Crippen molar-refractivity contribution in [3.63, 3.8) is 0 Å². The number of nitrogens with zero attached hydrogens (tertiary/aromatic N) is 3. The number of hydrogen-bond donors (Lipinski definition) is 0. The van der Waals surface area contributed by atoms with Crippen molar-refractivity contribution in [1.29, 1.82) is 0 Å². The number of rotatable bonds is 4. The minimum atomic E-state index is 0.0630. The summed E-state index contributed by atoms with van der Waals surface area (Å²) >= 11 is 0. The smallest absolute Gasteiger partial charge is 0.304 e. The van der Waals surface area contributed by atoms with Gasteiger partial charge in [0, 0.05) is 13.1 Å². The first kappa shape index (κ1) is 13.7. The molecule has 1 heterocycles. The molecule has 1 rings (SSSR count). The molecular weight excluding hydrogens is 214 g/mol. The van der Waals surface area contributed by atoms with Crippen LogP contribution >= 0.6 is 0 Å². The van der Waals surface area contributed by atoms with E-state index < -0.39 is 0 Å². The maximum absolute atomic E-state index is 12.3. The third-order valence-corrected chi connectivity index (χ3v) is 2.43. The molecule has 96 valence electrons. The summed E-state index contributed by atoms with van der Waals surface area (Å²) in [4.78, 5) is 14.2. The molecule has 0 aliphatic rings. The lowest BCUT2D eigenvalue weighted by atomic mass is 10.1. The minimum absolute atomic E-state index is 0.0630. The summed E-state index contributed by atoms with van der Waals surface area (Å²) in [6.07, 6.45) is 5.48. The van der Waals surface area contributed by atoms with Gasteiger partial charge in [0.25, 0.3) is 6.33 Å². The third-order valence-electron chi connectivity index (χ3n) is 2.43. The van der Waals surface area contributed by atoms with Crippen LogP contribution in [0.15, 0.2) is 18.7 Å². The van der Waals surface area contributed by atoms with E-state index in [0.29, 0.717) is 11.8 Å². The van der Waals surface area contributed by atoms with E-state index in [1.807, 2.05) is 22.7 Å². The molecule has 4 nitrogen and oxygen atoms in total. The normalized spacial score (nSPS) is 11.2. The summed E-state index contributed by atoms with van der Waals surface area (Å²) < 4.78 is 3.52. The standard InChI is InChI=1S/C13H24N3O/c1-11(2)8-16(9-12(3)4)13(17)15-7-6-14(5)10-15/h6-7,10-12H,8-9H2,1-5H3/q+1. The SMILES string of the molecule is CC(C)CN(CC(C)C)C(=O)n1cc[n+](C)c1. The Hall–Kier alpha value is -1.32. The van der Waals surface area contributed by atoms with Crippen LogP contribution in [0.5, 0.6) is 0 Å². The Balaban J connectivity index is 2.78. The highest BCUT2D eigenvalue weighted by Gasteiger charge is 2.22. The second-order valence-corrected chi connectivity index (χ2v) is 5.46.